The number of aromatic nitrogens is 3. The van der Waals surface area contributed by atoms with Gasteiger partial charge in [0, 0.05) is 59.0 Å². The number of nitrogens with zero attached hydrogens (tertiary/aromatic N) is 4. The number of aryl methyl sites for hydroxylation is 1. The summed E-state index contributed by atoms with van der Waals surface area (Å²) in [4.78, 5) is 4.65. The molecular weight excluding hydrogens is 344 g/mol. The summed E-state index contributed by atoms with van der Waals surface area (Å²) in [7, 11) is 0. The van der Waals surface area contributed by atoms with Crippen molar-refractivity contribution in [2.45, 2.75) is 59.4 Å². The molecule has 0 aromatic carbocycles. The third-order valence-electron chi connectivity index (χ3n) is 3.98. The van der Waals surface area contributed by atoms with E-state index in [1.807, 2.05) is 6.92 Å². The maximum absolute atomic E-state index is 5.59. The molecule has 8 nitrogen and oxygen atoms in total. The quantitative estimate of drug-likeness (QED) is 0.258. The van der Waals surface area contributed by atoms with Crippen LogP contribution in [0.3, 0.4) is 0 Å². The molecule has 1 rings (SSSR count). The van der Waals surface area contributed by atoms with Gasteiger partial charge in [0.1, 0.15) is 12.2 Å². The van der Waals surface area contributed by atoms with Crippen molar-refractivity contribution in [1.82, 2.24) is 25.4 Å². The first-order chi connectivity index (χ1) is 13.3. The van der Waals surface area contributed by atoms with E-state index >= 15 is 0 Å². The Balaban J connectivity index is 2.33. The zero-order valence-corrected chi connectivity index (χ0v) is 17.4. The Labute approximate surface area is 164 Å². The van der Waals surface area contributed by atoms with Gasteiger partial charge in [-0.2, -0.15) is 0 Å². The Morgan fingerprint density at radius 3 is 2.59 bits per heavy atom. The lowest BCUT2D eigenvalue weighted by molar-refractivity contribution is 0.130. The van der Waals surface area contributed by atoms with Crippen molar-refractivity contribution in [3.8, 4) is 0 Å². The van der Waals surface area contributed by atoms with E-state index in [-0.39, 0.29) is 0 Å². The Bertz CT molecular complexity index is 492. The second kappa shape index (κ2) is 16.5. The van der Waals surface area contributed by atoms with Crippen molar-refractivity contribution in [3.05, 3.63) is 12.2 Å². The van der Waals surface area contributed by atoms with E-state index in [0.717, 1.165) is 90.1 Å². The Hall–Kier alpha value is -1.67. The summed E-state index contributed by atoms with van der Waals surface area (Å²) in [5, 5.41) is 14.9. The van der Waals surface area contributed by atoms with Crippen LogP contribution < -0.4 is 10.6 Å². The van der Waals surface area contributed by atoms with Crippen molar-refractivity contribution < 1.29 is 9.47 Å². The number of nitrogens with one attached hydrogen (secondary N) is 2. The average molecular weight is 383 g/mol. The largest absolute Gasteiger partial charge is 0.382 e. The molecule has 156 valence electrons. The summed E-state index contributed by atoms with van der Waals surface area (Å²) in [5.41, 5.74) is 0. The fraction of sp³-hybridized carbons (Fsp3) is 0.842. The van der Waals surface area contributed by atoms with Crippen LogP contribution in [0.4, 0.5) is 0 Å². The van der Waals surface area contributed by atoms with Crippen LogP contribution >= 0.6 is 0 Å². The lowest BCUT2D eigenvalue weighted by Gasteiger charge is -2.13. The molecule has 0 aliphatic heterocycles. The molecule has 0 bridgehead atoms. The molecule has 1 aromatic rings. The van der Waals surface area contributed by atoms with Crippen LogP contribution in [0.25, 0.3) is 0 Å². The number of guanidine groups is 1. The van der Waals surface area contributed by atoms with Gasteiger partial charge >= 0.3 is 0 Å². The minimum atomic E-state index is 0.750. The highest BCUT2D eigenvalue weighted by Gasteiger charge is 2.02. The number of ether oxygens (including phenoxy) is 2. The molecule has 8 heteroatoms. The van der Waals surface area contributed by atoms with E-state index in [1.54, 1.807) is 6.33 Å². The standard InChI is InChI=1S/C19H38N6O2/c1-4-7-14-27-16-9-11-21-19(20-10-8-15-26-6-3)22-12-13-25-17-23-24-18(25)5-2/h17H,4-16H2,1-3H3,(H2,20,21,22). The van der Waals surface area contributed by atoms with Crippen LogP contribution in [0.1, 0.15) is 52.3 Å². The number of aliphatic imine (C=N–C) groups is 1. The lowest BCUT2D eigenvalue weighted by atomic mass is 10.4. The third kappa shape index (κ3) is 11.6. The molecule has 0 spiro atoms. The maximum Gasteiger partial charge on any atom is 0.191 e. The highest BCUT2D eigenvalue weighted by Crippen LogP contribution is 1.95. The summed E-state index contributed by atoms with van der Waals surface area (Å²) < 4.78 is 13.0. The first-order valence-electron chi connectivity index (χ1n) is 10.4. The van der Waals surface area contributed by atoms with Crippen LogP contribution in [-0.2, 0) is 22.4 Å². The van der Waals surface area contributed by atoms with Gasteiger partial charge in [-0.05, 0) is 26.2 Å². The molecule has 0 saturated carbocycles. The summed E-state index contributed by atoms with van der Waals surface area (Å²) in [5.74, 6) is 1.84. The van der Waals surface area contributed by atoms with Crippen LogP contribution in [0.5, 0.6) is 0 Å². The molecule has 1 aromatic heterocycles. The first kappa shape index (κ1) is 23.4. The maximum atomic E-state index is 5.59. The van der Waals surface area contributed by atoms with E-state index in [4.69, 9.17) is 9.47 Å². The van der Waals surface area contributed by atoms with E-state index in [1.165, 1.54) is 6.42 Å². The molecule has 27 heavy (non-hydrogen) atoms. The Morgan fingerprint density at radius 2 is 1.81 bits per heavy atom. The Morgan fingerprint density at radius 1 is 1.04 bits per heavy atom. The molecular formula is C19H38N6O2. The van der Waals surface area contributed by atoms with Crippen molar-refractivity contribution in [2.24, 2.45) is 4.99 Å². The summed E-state index contributed by atoms with van der Waals surface area (Å²) in [6.07, 6.45) is 6.85. The first-order valence-corrected chi connectivity index (χ1v) is 10.4. The minimum Gasteiger partial charge on any atom is -0.382 e. The number of hydrogen-bond acceptors (Lipinski definition) is 5. The van der Waals surface area contributed by atoms with Gasteiger partial charge in [-0.3, -0.25) is 4.99 Å². The minimum absolute atomic E-state index is 0.750. The highest BCUT2D eigenvalue weighted by atomic mass is 16.5. The van der Waals surface area contributed by atoms with E-state index in [2.05, 4.69) is 44.2 Å². The summed E-state index contributed by atoms with van der Waals surface area (Å²) >= 11 is 0. The van der Waals surface area contributed by atoms with E-state index in [0.29, 0.717) is 0 Å². The van der Waals surface area contributed by atoms with Gasteiger partial charge in [-0.1, -0.05) is 20.3 Å². The molecule has 0 aliphatic carbocycles. The van der Waals surface area contributed by atoms with Crippen LogP contribution in [-0.4, -0.2) is 66.8 Å². The molecule has 0 aliphatic rings. The molecule has 0 radical (unpaired) electrons. The smallest absolute Gasteiger partial charge is 0.191 e. The third-order valence-corrected chi connectivity index (χ3v) is 3.98. The predicted molar refractivity (Wildman–Crippen MR) is 109 cm³/mol. The molecule has 0 atom stereocenters. The van der Waals surface area contributed by atoms with Crippen molar-refractivity contribution in [1.29, 1.82) is 0 Å². The van der Waals surface area contributed by atoms with Gasteiger partial charge in [0.2, 0.25) is 0 Å². The van der Waals surface area contributed by atoms with Gasteiger partial charge < -0.3 is 24.7 Å². The van der Waals surface area contributed by atoms with Crippen molar-refractivity contribution in [3.63, 3.8) is 0 Å². The summed E-state index contributed by atoms with van der Waals surface area (Å²) in [6, 6.07) is 0. The lowest BCUT2D eigenvalue weighted by Crippen LogP contribution is -2.40. The fourth-order valence-corrected chi connectivity index (χ4v) is 2.44. The van der Waals surface area contributed by atoms with E-state index < -0.39 is 0 Å². The number of hydrogen-bond donors (Lipinski definition) is 2. The van der Waals surface area contributed by atoms with E-state index in [9.17, 15) is 0 Å². The topological polar surface area (TPSA) is 85.6 Å². The molecule has 0 saturated heterocycles. The predicted octanol–water partition coefficient (Wildman–Crippen LogP) is 2.01. The van der Waals surface area contributed by atoms with Crippen molar-refractivity contribution in [2.75, 3.05) is 46.1 Å². The zero-order chi connectivity index (χ0) is 19.6. The van der Waals surface area contributed by atoms with Crippen LogP contribution in [0, 0.1) is 0 Å². The summed E-state index contributed by atoms with van der Waals surface area (Å²) in [6.45, 7) is 12.6. The van der Waals surface area contributed by atoms with Crippen LogP contribution in [0.2, 0.25) is 0 Å². The fourth-order valence-electron chi connectivity index (χ4n) is 2.44. The molecule has 0 fully saturated rings. The molecule has 0 amide bonds. The normalized spacial score (nSPS) is 11.7. The molecule has 2 N–H and O–H groups in total. The highest BCUT2D eigenvalue weighted by molar-refractivity contribution is 5.79. The molecule has 1 heterocycles. The number of rotatable bonds is 16. The van der Waals surface area contributed by atoms with Crippen molar-refractivity contribution >= 4 is 5.96 Å². The second-order valence-electron chi connectivity index (χ2n) is 6.25. The van der Waals surface area contributed by atoms with Gasteiger partial charge in [0.15, 0.2) is 5.96 Å². The number of unbranched alkanes of at least 4 members (excludes halogenated alkanes) is 1. The van der Waals surface area contributed by atoms with Crippen LogP contribution in [0.15, 0.2) is 11.3 Å². The van der Waals surface area contributed by atoms with Gasteiger partial charge in [0.25, 0.3) is 0 Å². The SMILES string of the molecule is CCCCOCCCN=C(NCCCOCC)NCCn1cnnc1CC. The Kier molecular flexibility index (Phi) is 14.3. The molecule has 0 unspecified atom stereocenters. The second-order valence-corrected chi connectivity index (χ2v) is 6.25. The average Bonchev–Trinajstić information content (AvgIpc) is 3.14. The van der Waals surface area contributed by atoms with Gasteiger partial charge in [0.05, 0.1) is 0 Å². The van der Waals surface area contributed by atoms with Gasteiger partial charge in [-0.15, -0.1) is 10.2 Å². The van der Waals surface area contributed by atoms with Gasteiger partial charge in [-0.25, -0.2) is 0 Å². The monoisotopic (exact) mass is 382 g/mol. The zero-order valence-electron chi connectivity index (χ0n) is 17.4.